The second kappa shape index (κ2) is 7.12. The molecule has 0 bridgehead atoms. The maximum absolute atomic E-state index is 13.5. The third-order valence-corrected chi connectivity index (χ3v) is 6.80. The first-order valence-corrected chi connectivity index (χ1v) is 10.2. The Labute approximate surface area is 168 Å². The van der Waals surface area contributed by atoms with Gasteiger partial charge in [-0.15, -0.1) is 5.10 Å². The van der Waals surface area contributed by atoms with E-state index in [0.29, 0.717) is 11.3 Å². The third-order valence-electron chi connectivity index (χ3n) is 5.02. The Morgan fingerprint density at radius 1 is 1.24 bits per heavy atom. The minimum absolute atomic E-state index is 0.0646. The maximum Gasteiger partial charge on any atom is 0.413 e. The van der Waals surface area contributed by atoms with Crippen LogP contribution in [0, 0.1) is 12.9 Å². The van der Waals surface area contributed by atoms with Crippen molar-refractivity contribution >= 4 is 11.0 Å². The van der Waals surface area contributed by atoms with Gasteiger partial charge in [0.25, 0.3) is 0 Å². The summed E-state index contributed by atoms with van der Waals surface area (Å²) in [6.07, 6.45) is -3.33. The second-order valence-electron chi connectivity index (χ2n) is 8.24. The largest absolute Gasteiger partial charge is 0.413 e. The summed E-state index contributed by atoms with van der Waals surface area (Å²) in [7, 11) is 0.0602. The molecule has 0 spiro atoms. The molecule has 1 aliphatic rings. The van der Waals surface area contributed by atoms with E-state index in [1.54, 1.807) is 34.7 Å². The Morgan fingerprint density at radius 2 is 1.86 bits per heavy atom. The van der Waals surface area contributed by atoms with Crippen LogP contribution in [0.25, 0.3) is 0 Å². The minimum Gasteiger partial charge on any atom is -0.242 e. The standard InChI is InChI=1S/C18H23F4N5OS/c1-11-12(6-7-14(19)23-11)15(26(5)29(28)16(2,3)4)13-10-27(25-24-13)17(8-9-17)18(20,21)22/h6-7,10,15H,8-9H2,1-5H3/t15-,29-/m0/s1. The number of nitrogens with zero attached hydrogens (tertiary/aromatic N) is 5. The molecule has 1 saturated carbocycles. The average Bonchev–Trinajstić information content (AvgIpc) is 3.28. The third kappa shape index (κ3) is 3.94. The van der Waals surface area contributed by atoms with Gasteiger partial charge in [0.05, 0.1) is 17.0 Å². The van der Waals surface area contributed by atoms with E-state index in [1.807, 2.05) is 0 Å². The quantitative estimate of drug-likeness (QED) is 0.533. The van der Waals surface area contributed by atoms with E-state index in [-0.39, 0.29) is 18.5 Å². The molecule has 2 heterocycles. The molecule has 2 atom stereocenters. The van der Waals surface area contributed by atoms with Gasteiger partial charge in [-0.1, -0.05) is 11.3 Å². The first-order valence-electron chi connectivity index (χ1n) is 9.05. The van der Waals surface area contributed by atoms with Crippen molar-refractivity contribution in [1.29, 1.82) is 0 Å². The van der Waals surface area contributed by atoms with Crippen LogP contribution in [0.3, 0.4) is 0 Å². The van der Waals surface area contributed by atoms with Gasteiger partial charge in [0, 0.05) is 12.7 Å². The number of hydrogen-bond donors (Lipinski definition) is 0. The summed E-state index contributed by atoms with van der Waals surface area (Å²) in [5.41, 5.74) is -1.02. The molecule has 2 aromatic rings. The molecule has 1 fully saturated rings. The second-order valence-corrected chi connectivity index (χ2v) is 10.5. The van der Waals surface area contributed by atoms with Crippen molar-refractivity contribution < 1.29 is 21.8 Å². The van der Waals surface area contributed by atoms with E-state index in [1.165, 1.54) is 16.6 Å². The van der Waals surface area contributed by atoms with Gasteiger partial charge in [0.2, 0.25) is 5.95 Å². The molecule has 3 rings (SSSR count). The smallest absolute Gasteiger partial charge is 0.242 e. The summed E-state index contributed by atoms with van der Waals surface area (Å²) in [6, 6.07) is 1.83. The molecular formula is C18H23F4N5OS. The molecule has 0 radical (unpaired) electrons. The Morgan fingerprint density at radius 3 is 2.34 bits per heavy atom. The molecule has 0 unspecified atom stereocenters. The van der Waals surface area contributed by atoms with Crippen LogP contribution in [0.1, 0.15) is 56.6 Å². The van der Waals surface area contributed by atoms with Crippen LogP contribution in [0.4, 0.5) is 17.6 Å². The van der Waals surface area contributed by atoms with Crippen molar-refractivity contribution in [2.24, 2.45) is 0 Å². The molecule has 11 heteroatoms. The molecule has 0 amide bonds. The van der Waals surface area contributed by atoms with Crippen molar-refractivity contribution in [3.05, 3.63) is 41.2 Å². The summed E-state index contributed by atoms with van der Waals surface area (Å²) in [5, 5.41) is 7.72. The van der Waals surface area contributed by atoms with Crippen LogP contribution in [0.2, 0.25) is 0 Å². The summed E-state index contributed by atoms with van der Waals surface area (Å²) in [5.74, 6) is -0.678. The number of aromatic nitrogens is 4. The minimum atomic E-state index is -4.44. The predicted molar refractivity (Wildman–Crippen MR) is 99.7 cm³/mol. The molecule has 160 valence electrons. The summed E-state index contributed by atoms with van der Waals surface area (Å²) in [4.78, 5) is 3.80. The van der Waals surface area contributed by atoms with Crippen molar-refractivity contribution in [3.8, 4) is 0 Å². The van der Waals surface area contributed by atoms with Gasteiger partial charge >= 0.3 is 6.18 Å². The van der Waals surface area contributed by atoms with Gasteiger partial charge in [0.15, 0.2) is 5.54 Å². The van der Waals surface area contributed by atoms with Gasteiger partial charge in [-0.25, -0.2) is 18.2 Å². The number of halogens is 4. The van der Waals surface area contributed by atoms with Crippen LogP contribution < -0.4 is 0 Å². The lowest BCUT2D eigenvalue weighted by Gasteiger charge is -2.32. The van der Waals surface area contributed by atoms with Crippen molar-refractivity contribution in [2.75, 3.05) is 7.05 Å². The zero-order valence-corrected chi connectivity index (χ0v) is 17.6. The highest BCUT2D eigenvalue weighted by Gasteiger charge is 2.66. The van der Waals surface area contributed by atoms with E-state index in [9.17, 15) is 21.8 Å². The van der Waals surface area contributed by atoms with Crippen molar-refractivity contribution in [3.63, 3.8) is 0 Å². The fourth-order valence-corrected chi connectivity index (χ4v) is 4.55. The molecule has 0 aromatic carbocycles. The lowest BCUT2D eigenvalue weighted by atomic mass is 10.0. The molecule has 0 N–H and O–H groups in total. The monoisotopic (exact) mass is 433 g/mol. The van der Waals surface area contributed by atoms with E-state index in [2.05, 4.69) is 15.3 Å². The van der Waals surface area contributed by atoms with Crippen LogP contribution in [0.5, 0.6) is 0 Å². The van der Waals surface area contributed by atoms with Crippen LogP contribution in [-0.2, 0) is 16.5 Å². The zero-order valence-electron chi connectivity index (χ0n) is 16.8. The molecule has 0 saturated heterocycles. The summed E-state index contributed by atoms with van der Waals surface area (Å²) < 4.78 is 68.7. The van der Waals surface area contributed by atoms with Crippen molar-refractivity contribution in [2.45, 2.75) is 63.0 Å². The van der Waals surface area contributed by atoms with E-state index in [0.717, 1.165) is 10.7 Å². The van der Waals surface area contributed by atoms with Crippen LogP contribution in [-0.4, -0.2) is 46.5 Å². The molecule has 29 heavy (non-hydrogen) atoms. The summed E-state index contributed by atoms with van der Waals surface area (Å²) >= 11 is 0. The lowest BCUT2D eigenvalue weighted by Crippen LogP contribution is -2.38. The fraction of sp³-hybridized carbons (Fsp3) is 0.611. The van der Waals surface area contributed by atoms with Gasteiger partial charge in [-0.05, 0) is 52.2 Å². The van der Waals surface area contributed by atoms with Crippen LogP contribution >= 0.6 is 0 Å². The Hall–Kier alpha value is -1.88. The highest BCUT2D eigenvalue weighted by atomic mass is 32.2. The highest BCUT2D eigenvalue weighted by molar-refractivity contribution is 7.84. The number of alkyl halides is 3. The van der Waals surface area contributed by atoms with Gasteiger partial charge in [0.1, 0.15) is 16.7 Å². The van der Waals surface area contributed by atoms with Crippen LogP contribution in [0.15, 0.2) is 18.3 Å². The topological polar surface area (TPSA) is 63.9 Å². The highest BCUT2D eigenvalue weighted by Crippen LogP contribution is 2.55. The Balaban J connectivity index is 2.08. The maximum atomic E-state index is 13.5. The van der Waals surface area contributed by atoms with E-state index < -0.39 is 39.4 Å². The number of aryl methyl sites for hydroxylation is 1. The summed E-state index contributed by atoms with van der Waals surface area (Å²) in [6.45, 7) is 6.94. The number of rotatable bonds is 5. The number of pyridine rings is 1. The average molecular weight is 433 g/mol. The normalized spacial score (nSPS) is 18.7. The zero-order chi connectivity index (χ0) is 21.8. The molecular weight excluding hydrogens is 410 g/mol. The molecule has 6 nitrogen and oxygen atoms in total. The molecule has 1 aliphatic carbocycles. The predicted octanol–water partition coefficient (Wildman–Crippen LogP) is 3.66. The number of hydrogen-bond acceptors (Lipinski definition) is 4. The fourth-order valence-electron chi connectivity index (χ4n) is 3.27. The Bertz CT molecular complexity index is 933. The molecule has 0 aliphatic heterocycles. The molecule has 2 aromatic heterocycles. The first-order chi connectivity index (χ1) is 13.3. The van der Waals surface area contributed by atoms with Crippen molar-refractivity contribution in [1.82, 2.24) is 24.3 Å². The van der Waals surface area contributed by atoms with E-state index >= 15 is 0 Å². The van der Waals surface area contributed by atoms with E-state index in [4.69, 9.17) is 0 Å². The van der Waals surface area contributed by atoms with Gasteiger partial charge in [-0.3, -0.25) is 0 Å². The van der Waals surface area contributed by atoms with Gasteiger partial charge < -0.3 is 0 Å². The SMILES string of the molecule is Cc1nc(F)ccc1[C@@H](c1cn(C2(C(F)(F)F)CC2)nn1)N(C)[S@@](=O)C(C)(C)C. The van der Waals surface area contributed by atoms with Gasteiger partial charge in [-0.2, -0.15) is 17.6 Å². The Kier molecular flexibility index (Phi) is 5.36. The first kappa shape index (κ1) is 21.8. The lowest BCUT2D eigenvalue weighted by molar-refractivity contribution is -0.182.